The van der Waals surface area contributed by atoms with Gasteiger partial charge in [0, 0.05) is 50.7 Å². The first-order valence-electron chi connectivity index (χ1n) is 29.2. The number of nitrogens with two attached hydrogens (primary N) is 3. The maximum Gasteiger partial charge on any atom is 0.474 e. The van der Waals surface area contributed by atoms with Gasteiger partial charge in [-0.25, -0.2) is 53.1 Å². The molecule has 4 saturated heterocycles. The highest BCUT2D eigenvalue weighted by atomic mass is 79.9. The van der Waals surface area contributed by atoms with E-state index in [1.54, 1.807) is 155 Å². The second kappa shape index (κ2) is 36.2. The summed E-state index contributed by atoms with van der Waals surface area (Å²) in [5.41, 5.74) is 27.0. The van der Waals surface area contributed by atoms with E-state index in [0.717, 1.165) is 11.1 Å². The molecule has 6 N–H and O–H groups in total. The topological polar surface area (TPSA) is 370 Å². The number of carbonyl (C=O) groups excluding carboxylic acids is 2. The van der Waals surface area contributed by atoms with Crippen LogP contribution in [0.5, 0.6) is 0 Å². The number of nitrogen functional groups attached to an aromatic ring is 2. The van der Waals surface area contributed by atoms with E-state index in [9.17, 15) is 18.0 Å². The number of rotatable bonds is 15. The third-order valence-corrected chi connectivity index (χ3v) is 18.3. The van der Waals surface area contributed by atoms with E-state index in [4.69, 9.17) is 61.2 Å². The van der Waals surface area contributed by atoms with E-state index >= 15 is 0 Å². The first-order valence-corrected chi connectivity index (χ1v) is 40.9. The lowest BCUT2D eigenvalue weighted by molar-refractivity contribution is -0.106. The van der Waals surface area contributed by atoms with Gasteiger partial charge in [0.15, 0.2) is 62.6 Å². The highest BCUT2D eigenvalue weighted by Gasteiger charge is 2.55. The summed E-state index contributed by atoms with van der Waals surface area (Å²) in [6, 6.07) is 20.1. The van der Waals surface area contributed by atoms with Crippen molar-refractivity contribution in [2.45, 2.75) is 87.1 Å². The van der Waals surface area contributed by atoms with Gasteiger partial charge in [-0.1, -0.05) is 87.5 Å². The van der Waals surface area contributed by atoms with Gasteiger partial charge in [0.05, 0.1) is 53.3 Å². The fourth-order valence-electron chi connectivity index (χ4n) is 7.48. The molecule has 2 unspecified atom stereocenters. The Morgan fingerprint density at radius 2 is 1.01 bits per heavy atom. The van der Waals surface area contributed by atoms with Gasteiger partial charge in [0.1, 0.15) is 57.3 Å². The molecule has 3 aromatic carbocycles. The van der Waals surface area contributed by atoms with Crippen molar-refractivity contribution in [2.24, 2.45) is 15.7 Å². The molecule has 4 fully saturated rings. The van der Waals surface area contributed by atoms with Crippen LogP contribution in [0.3, 0.4) is 0 Å². The summed E-state index contributed by atoms with van der Waals surface area (Å²) in [4.78, 5) is 64.2. The highest BCUT2D eigenvalue weighted by Crippen LogP contribution is 2.41. The zero-order valence-corrected chi connectivity index (χ0v) is 64.9. The molecule has 0 bridgehead atoms. The molecular formula is C62H65B4Br4N13O13SSi2. The summed E-state index contributed by atoms with van der Waals surface area (Å²) >= 11 is 12.8. The van der Waals surface area contributed by atoms with Crippen molar-refractivity contribution in [3.05, 3.63) is 167 Å². The lowest BCUT2D eigenvalue weighted by Crippen LogP contribution is -2.17. The first-order chi connectivity index (χ1) is 46.7. The normalized spacial score (nSPS) is 16.4. The molecule has 0 aliphatic carbocycles. The smallest absolute Gasteiger partial charge is 0.474 e. The van der Waals surface area contributed by atoms with Gasteiger partial charge in [-0.3, -0.25) is 14.8 Å². The monoisotopic (exact) mass is 1650 g/mol. The van der Waals surface area contributed by atoms with Crippen LogP contribution in [0.2, 0.25) is 39.3 Å². The van der Waals surface area contributed by atoms with Crippen molar-refractivity contribution in [3.63, 3.8) is 0 Å². The van der Waals surface area contributed by atoms with Crippen LogP contribution in [-0.4, -0.2) is 159 Å². The Labute approximate surface area is 613 Å². The molecule has 0 spiro atoms. The van der Waals surface area contributed by atoms with Crippen molar-refractivity contribution in [1.29, 1.82) is 0 Å². The van der Waals surface area contributed by atoms with Crippen molar-refractivity contribution in [2.75, 3.05) is 47.0 Å². The summed E-state index contributed by atoms with van der Waals surface area (Å²) in [6.07, 6.45) is 11.1. The van der Waals surface area contributed by atoms with Gasteiger partial charge in [0.2, 0.25) is 5.91 Å². The number of amides is 1. The van der Waals surface area contributed by atoms with Gasteiger partial charge in [-0.15, -0.1) is 17.5 Å². The number of hydrogen-bond donors (Lipinski definition) is 3. The minimum Gasteiger partial charge on any atom is -0.549 e. The molecule has 4 aliphatic heterocycles. The Bertz CT molecular complexity index is 4360. The molecule has 37 heteroatoms. The molecule has 26 nitrogen and oxygen atoms in total. The minimum atomic E-state index is -3.33. The molecule has 7 aromatic rings. The van der Waals surface area contributed by atoms with Crippen LogP contribution in [0.4, 0.5) is 11.6 Å². The maximum atomic E-state index is 12.2. The first kappa shape index (κ1) is 80.4. The summed E-state index contributed by atoms with van der Waals surface area (Å²) in [6.45, 7) is 16.3. The van der Waals surface area contributed by atoms with Gasteiger partial charge >= 0.3 is 35.9 Å². The summed E-state index contributed by atoms with van der Waals surface area (Å²) in [5, 5.41) is -0.490. The molecule has 11 rings (SSSR count). The van der Waals surface area contributed by atoms with Crippen LogP contribution < -0.4 is 17.2 Å². The third-order valence-electron chi connectivity index (χ3n) is 12.6. The fraction of sp³-hybridized carbons (Fsp3) is 0.290. The number of aromatic nitrogens is 8. The van der Waals surface area contributed by atoms with Gasteiger partial charge in [-0.2, -0.15) is 0 Å². The molecule has 8 heterocycles. The average molecular weight is 1650 g/mol. The molecule has 510 valence electrons. The number of halogens is 4. The number of nitrogens with zero attached hydrogens (tertiary/aromatic N) is 10. The molecule has 2 atom stereocenters. The Morgan fingerprint density at radius 3 is 1.40 bits per heavy atom. The number of aliphatic imine (C=N–C) groups is 2. The summed E-state index contributed by atoms with van der Waals surface area (Å²) < 4.78 is 72.3. The summed E-state index contributed by atoms with van der Waals surface area (Å²) in [7, 11) is 7.51. The van der Waals surface area contributed by atoms with E-state index in [-0.39, 0.29) is 10.9 Å². The molecule has 99 heavy (non-hydrogen) atoms. The number of primary amides is 1. The van der Waals surface area contributed by atoms with Crippen molar-refractivity contribution in [3.8, 4) is 46.5 Å². The number of terminal acetylenes is 1. The van der Waals surface area contributed by atoms with Gasteiger partial charge in [0.25, 0.3) is 0 Å². The van der Waals surface area contributed by atoms with Crippen LogP contribution in [-0.2, 0) is 63.4 Å². The molecule has 4 radical (unpaired) electrons. The Hall–Kier alpha value is -7.54. The van der Waals surface area contributed by atoms with E-state index in [2.05, 4.69) is 186 Å². The standard InChI is InChI=1S/C17H13B2N3O4S.C11H10B2BrN3O2Si.C11H14O4.C10H13NO3.C9H12BrN3Si.C4H3Br2N3/c1-4-13-15(17(19-26-17)22-16-18-25-16)20-9-14(21-13)11-5-7-12(8-6-11)27(23,24)10(2)3;1-20(2,3)5-4-7-9(15-6-8(14)16-7)11(13-19-11)17-10-12-18-10;1-13-10(12)8-4-6-9(7-5-8)11(14-2)15-3;1-13-10(14-2)8-5-3-7(4-6-8)9(11)12;1-14(2,3)5-4-7-9(11)12-6-8(10)13-7;5-2-1-8-4(7)3(6)9-2/h1,5-10H,2-3H3;6H,1-3H3;4-7,11H,1-3H3;3-6,10H,1-2H3,(H2,11,12);6H,1-3H3,(H2,11,12);1H,(H2,7,8). The zero-order chi connectivity index (χ0) is 73.0. The van der Waals surface area contributed by atoms with Crippen molar-refractivity contribution >= 4 is 155 Å². The number of benzene rings is 3. The van der Waals surface area contributed by atoms with Crippen molar-refractivity contribution in [1.82, 2.24) is 39.9 Å². The molecule has 0 saturated carbocycles. The Balaban J connectivity index is 0.000000194. The van der Waals surface area contributed by atoms with Crippen LogP contribution >= 0.6 is 63.7 Å². The number of hydrogen-bond acceptors (Lipinski definition) is 25. The Morgan fingerprint density at radius 1 is 0.596 bits per heavy atom. The number of anilines is 2. The molecule has 1 amide bonds. The number of ether oxygens (including phenoxy) is 5. The number of methoxy groups -OCH3 is 5. The number of carbonyl (C=O) groups is 2. The highest BCUT2D eigenvalue weighted by molar-refractivity contribution is 9.11. The van der Waals surface area contributed by atoms with Gasteiger partial charge < -0.3 is 59.5 Å². The number of esters is 1. The predicted octanol–water partition coefficient (Wildman–Crippen LogP) is 8.78. The SMILES string of the molecule is C#Cc1nc(-c2ccc(S(=O)(=O)C(C)C)cc2)cnc1C1(N=C2[B]O2)[B]O1.COC(=O)c1ccc(C(OC)OC)cc1.COC(OC)c1ccc(C(N)=O)cc1.C[Si](C)(C)C#Cc1nc(Br)cnc1C1(N=C2[B]O2)[B]O1.C[Si](C)(C)C#Cc1nc(Br)cnc1N.Nc1ncc(Br)nc1Br. The quantitative estimate of drug-likeness (QED) is 0.0284. The van der Waals surface area contributed by atoms with E-state index in [1.165, 1.54) is 22.1 Å². The zero-order valence-electron chi connectivity index (χ0n) is 55.8. The van der Waals surface area contributed by atoms with E-state index in [0.29, 0.717) is 92.5 Å². The third kappa shape index (κ3) is 24.9. The largest absolute Gasteiger partial charge is 0.549 e. The predicted molar refractivity (Wildman–Crippen MR) is 396 cm³/mol. The van der Waals surface area contributed by atoms with Crippen LogP contribution in [0.1, 0.15) is 86.7 Å². The van der Waals surface area contributed by atoms with E-state index < -0.39 is 61.0 Å². The van der Waals surface area contributed by atoms with Crippen molar-refractivity contribution < 1.29 is 60.3 Å². The van der Waals surface area contributed by atoms with E-state index in [1.807, 2.05) is 0 Å². The second-order valence-electron chi connectivity index (χ2n) is 22.8. The Kier molecular flexibility index (Phi) is 29.4. The maximum absolute atomic E-state index is 12.2. The van der Waals surface area contributed by atoms with Gasteiger partial charge in [-0.05, 0) is 120 Å². The van der Waals surface area contributed by atoms with Crippen LogP contribution in [0.25, 0.3) is 11.3 Å². The summed E-state index contributed by atoms with van der Waals surface area (Å²) in [5.74, 6) is 9.60. The van der Waals surface area contributed by atoms with Crippen LogP contribution in [0.15, 0.2) is 131 Å². The van der Waals surface area contributed by atoms with Crippen LogP contribution in [0, 0.1) is 35.3 Å². The molecular weight excluding hydrogens is 1590 g/mol. The molecule has 4 aromatic heterocycles. The average Bonchev–Trinajstić information content (AvgIpc) is 1.60. The lowest BCUT2D eigenvalue weighted by Gasteiger charge is -2.13. The number of sulfone groups is 1. The molecule has 4 aliphatic rings. The second-order valence-corrected chi connectivity index (χ2v) is 38.0. The fourth-order valence-corrected chi connectivity index (χ4v) is 10.9. The minimum absolute atomic E-state index is 0.263. The lowest BCUT2D eigenvalue weighted by atomic mass is 9.91.